The van der Waals surface area contributed by atoms with Gasteiger partial charge in [-0.3, -0.25) is 4.79 Å². The number of para-hydroxylation sites is 1. The third-order valence-corrected chi connectivity index (χ3v) is 3.27. The van der Waals surface area contributed by atoms with Gasteiger partial charge in [0.1, 0.15) is 0 Å². The van der Waals surface area contributed by atoms with E-state index in [0.29, 0.717) is 0 Å². The first-order valence-electron chi connectivity index (χ1n) is 7.00. The van der Waals surface area contributed by atoms with Crippen LogP contribution in [0.15, 0.2) is 30.3 Å². The molecule has 0 fully saturated rings. The highest BCUT2D eigenvalue weighted by Crippen LogP contribution is 2.22. The Labute approximate surface area is 116 Å². The number of amides is 1. The maximum atomic E-state index is 12.6. The molecule has 1 rings (SSSR count). The monoisotopic (exact) mass is 262 g/mol. The quantitative estimate of drug-likeness (QED) is 0.885. The molecular weight excluding hydrogens is 236 g/mol. The van der Waals surface area contributed by atoms with Crippen molar-refractivity contribution in [2.24, 2.45) is 11.1 Å². The minimum atomic E-state index is -0.482. The van der Waals surface area contributed by atoms with E-state index in [0.717, 1.165) is 25.1 Å². The van der Waals surface area contributed by atoms with Gasteiger partial charge in [-0.2, -0.15) is 0 Å². The normalized spacial score (nSPS) is 13.1. The molecule has 0 saturated heterocycles. The summed E-state index contributed by atoms with van der Waals surface area (Å²) in [6.07, 6.45) is 2.04. The summed E-state index contributed by atoms with van der Waals surface area (Å²) in [6, 6.07) is 9.29. The Kier molecular flexibility index (Phi) is 5.55. The lowest BCUT2D eigenvalue weighted by Crippen LogP contribution is -2.51. The van der Waals surface area contributed by atoms with Crippen LogP contribution in [-0.4, -0.2) is 18.5 Å². The lowest BCUT2D eigenvalue weighted by Gasteiger charge is -2.32. The predicted molar refractivity (Wildman–Crippen MR) is 81.1 cm³/mol. The zero-order valence-corrected chi connectivity index (χ0v) is 12.5. The highest BCUT2D eigenvalue weighted by Gasteiger charge is 2.31. The van der Waals surface area contributed by atoms with Crippen molar-refractivity contribution in [1.82, 2.24) is 0 Å². The van der Waals surface area contributed by atoms with E-state index in [-0.39, 0.29) is 11.3 Å². The average Bonchev–Trinajstić information content (AvgIpc) is 2.38. The molecule has 19 heavy (non-hydrogen) atoms. The molecule has 0 saturated carbocycles. The predicted octanol–water partition coefficient (Wildman–Crippen LogP) is 3.19. The molecule has 0 aliphatic heterocycles. The van der Waals surface area contributed by atoms with Crippen LogP contribution >= 0.6 is 0 Å². The summed E-state index contributed by atoms with van der Waals surface area (Å²) in [7, 11) is 0. The van der Waals surface area contributed by atoms with Crippen molar-refractivity contribution in [2.45, 2.75) is 46.6 Å². The van der Waals surface area contributed by atoms with Gasteiger partial charge in [-0.1, -0.05) is 52.3 Å². The third-order valence-electron chi connectivity index (χ3n) is 3.27. The number of nitrogens with zero attached hydrogens (tertiary/aromatic N) is 1. The summed E-state index contributed by atoms with van der Waals surface area (Å²) in [5.41, 5.74) is 6.82. The summed E-state index contributed by atoms with van der Waals surface area (Å²) in [5, 5.41) is 0. The first-order chi connectivity index (χ1) is 8.88. The van der Waals surface area contributed by atoms with Gasteiger partial charge in [0.25, 0.3) is 0 Å². The fourth-order valence-corrected chi connectivity index (χ4v) is 1.83. The summed E-state index contributed by atoms with van der Waals surface area (Å²) in [4.78, 5) is 14.4. The molecule has 1 aromatic rings. The molecular formula is C16H26N2O. The van der Waals surface area contributed by atoms with Crippen molar-refractivity contribution >= 4 is 11.6 Å². The Hall–Kier alpha value is -1.35. The molecule has 3 heteroatoms. The number of carbonyl (C=O) groups is 1. The van der Waals surface area contributed by atoms with Crippen molar-refractivity contribution in [3.8, 4) is 0 Å². The van der Waals surface area contributed by atoms with E-state index in [1.54, 1.807) is 0 Å². The van der Waals surface area contributed by atoms with Crippen molar-refractivity contribution in [3.63, 3.8) is 0 Å². The zero-order chi connectivity index (χ0) is 14.5. The van der Waals surface area contributed by atoms with Crippen LogP contribution in [0, 0.1) is 5.41 Å². The van der Waals surface area contributed by atoms with E-state index in [2.05, 4.69) is 6.92 Å². The fraction of sp³-hybridized carbons (Fsp3) is 0.562. The lowest BCUT2D eigenvalue weighted by atomic mass is 9.86. The highest BCUT2D eigenvalue weighted by atomic mass is 16.2. The second-order valence-electron chi connectivity index (χ2n) is 6.02. The number of rotatable bonds is 5. The van der Waals surface area contributed by atoms with Crippen molar-refractivity contribution in [2.75, 3.05) is 11.4 Å². The Bertz CT molecular complexity index is 395. The maximum absolute atomic E-state index is 12.6. The Balaban J connectivity index is 2.95. The molecule has 0 aliphatic rings. The Morgan fingerprint density at radius 1 is 1.26 bits per heavy atom. The summed E-state index contributed by atoms with van der Waals surface area (Å²) >= 11 is 0. The lowest BCUT2D eigenvalue weighted by molar-refractivity contribution is -0.121. The largest absolute Gasteiger partial charge is 0.319 e. The van der Waals surface area contributed by atoms with Gasteiger partial charge in [-0.25, -0.2) is 0 Å². The standard InChI is InChI=1S/C16H26N2O/c1-5-6-12-18(13-10-8-7-9-11-13)15(19)14(17)16(2,3)4/h7-11,14H,5-6,12,17H2,1-4H3/t14-/m0/s1. The number of anilines is 1. The number of carbonyl (C=O) groups excluding carboxylic acids is 1. The van der Waals surface area contributed by atoms with E-state index in [1.807, 2.05) is 56.0 Å². The first kappa shape index (κ1) is 15.7. The Morgan fingerprint density at radius 3 is 2.32 bits per heavy atom. The zero-order valence-electron chi connectivity index (χ0n) is 12.5. The number of nitrogens with two attached hydrogens (primary N) is 1. The topological polar surface area (TPSA) is 46.3 Å². The summed E-state index contributed by atoms with van der Waals surface area (Å²) in [5.74, 6) is 0.00662. The van der Waals surface area contributed by atoms with Gasteiger partial charge in [-0.05, 0) is 24.0 Å². The second-order valence-corrected chi connectivity index (χ2v) is 6.02. The molecule has 3 nitrogen and oxygen atoms in total. The van der Waals surface area contributed by atoms with Gasteiger partial charge >= 0.3 is 0 Å². The second kappa shape index (κ2) is 6.71. The van der Waals surface area contributed by atoms with E-state index in [9.17, 15) is 4.79 Å². The Morgan fingerprint density at radius 2 is 1.84 bits per heavy atom. The molecule has 0 heterocycles. The van der Waals surface area contributed by atoms with Crippen LogP contribution in [0.3, 0.4) is 0 Å². The van der Waals surface area contributed by atoms with Crippen molar-refractivity contribution in [3.05, 3.63) is 30.3 Å². The average molecular weight is 262 g/mol. The number of unbranched alkanes of at least 4 members (excludes halogenated alkanes) is 1. The van der Waals surface area contributed by atoms with Crippen LogP contribution in [0.5, 0.6) is 0 Å². The van der Waals surface area contributed by atoms with Crippen LogP contribution in [0.2, 0.25) is 0 Å². The highest BCUT2D eigenvalue weighted by molar-refractivity contribution is 5.97. The number of hydrogen-bond acceptors (Lipinski definition) is 2. The third kappa shape index (κ3) is 4.35. The molecule has 106 valence electrons. The fourth-order valence-electron chi connectivity index (χ4n) is 1.83. The van der Waals surface area contributed by atoms with Crippen LogP contribution in [0.1, 0.15) is 40.5 Å². The molecule has 1 aromatic carbocycles. The van der Waals surface area contributed by atoms with Gasteiger partial charge in [-0.15, -0.1) is 0 Å². The smallest absolute Gasteiger partial charge is 0.244 e. The van der Waals surface area contributed by atoms with Gasteiger partial charge < -0.3 is 10.6 Å². The van der Waals surface area contributed by atoms with E-state index in [4.69, 9.17) is 5.73 Å². The van der Waals surface area contributed by atoms with Crippen LogP contribution < -0.4 is 10.6 Å². The molecule has 0 spiro atoms. The van der Waals surface area contributed by atoms with Gasteiger partial charge in [0, 0.05) is 12.2 Å². The maximum Gasteiger partial charge on any atom is 0.244 e. The van der Waals surface area contributed by atoms with E-state index < -0.39 is 6.04 Å². The van der Waals surface area contributed by atoms with Crippen LogP contribution in [0.4, 0.5) is 5.69 Å². The van der Waals surface area contributed by atoms with Crippen molar-refractivity contribution in [1.29, 1.82) is 0 Å². The molecule has 2 N–H and O–H groups in total. The SMILES string of the molecule is CCCCN(C(=O)[C@H](N)C(C)(C)C)c1ccccc1. The van der Waals surface area contributed by atoms with Crippen molar-refractivity contribution < 1.29 is 4.79 Å². The molecule has 1 amide bonds. The molecule has 0 aromatic heterocycles. The molecule has 0 radical (unpaired) electrons. The summed E-state index contributed by atoms with van der Waals surface area (Å²) < 4.78 is 0. The molecule has 0 aliphatic carbocycles. The summed E-state index contributed by atoms with van der Waals surface area (Å²) in [6.45, 7) is 8.84. The number of hydrogen-bond donors (Lipinski definition) is 1. The van der Waals surface area contributed by atoms with Crippen LogP contribution in [0.25, 0.3) is 0 Å². The van der Waals surface area contributed by atoms with E-state index >= 15 is 0 Å². The van der Waals surface area contributed by atoms with Gasteiger partial charge in [0.15, 0.2) is 0 Å². The van der Waals surface area contributed by atoms with Crippen LogP contribution in [-0.2, 0) is 4.79 Å². The molecule has 0 bridgehead atoms. The molecule has 0 unspecified atom stereocenters. The first-order valence-corrected chi connectivity index (χ1v) is 7.00. The van der Waals surface area contributed by atoms with Gasteiger partial charge in [0.2, 0.25) is 5.91 Å². The minimum Gasteiger partial charge on any atom is -0.319 e. The minimum absolute atomic E-state index is 0.00662. The number of benzene rings is 1. The van der Waals surface area contributed by atoms with E-state index in [1.165, 1.54) is 0 Å². The van der Waals surface area contributed by atoms with Gasteiger partial charge in [0.05, 0.1) is 6.04 Å². The molecule has 1 atom stereocenters.